The fourth-order valence-corrected chi connectivity index (χ4v) is 2.28. The molecule has 18 heavy (non-hydrogen) atoms. The zero-order chi connectivity index (χ0) is 13.7. The van der Waals surface area contributed by atoms with Crippen molar-refractivity contribution in [1.82, 2.24) is 0 Å². The van der Waals surface area contributed by atoms with Gasteiger partial charge in [-0.1, -0.05) is 12.1 Å². The third kappa shape index (κ3) is 1.71. The molecular weight excluding hydrogens is 251 g/mol. The summed E-state index contributed by atoms with van der Waals surface area (Å²) >= 11 is 0. The summed E-state index contributed by atoms with van der Waals surface area (Å²) in [6.07, 6.45) is -4.67. The van der Waals surface area contributed by atoms with Crippen LogP contribution in [0, 0.1) is 5.92 Å². The minimum Gasteiger partial charge on any atom is -0.508 e. The number of hydrogen-bond donors (Lipinski definition) is 3. The highest BCUT2D eigenvalue weighted by Gasteiger charge is 2.77. The summed E-state index contributed by atoms with van der Waals surface area (Å²) in [4.78, 5) is 10.9. The van der Waals surface area contributed by atoms with Crippen LogP contribution in [0.4, 0.5) is 13.2 Å². The molecule has 0 aliphatic heterocycles. The van der Waals surface area contributed by atoms with Gasteiger partial charge in [-0.2, -0.15) is 13.2 Å². The number of alkyl halides is 3. The Labute approximate surface area is 99.8 Å². The lowest BCUT2D eigenvalue weighted by atomic mass is 10.1. The van der Waals surface area contributed by atoms with Gasteiger partial charge in [0, 0.05) is 5.92 Å². The van der Waals surface area contributed by atoms with Gasteiger partial charge in [-0.3, -0.25) is 4.79 Å². The molecule has 0 amide bonds. The topological polar surface area (TPSA) is 83.6 Å². The maximum Gasteiger partial charge on any atom is 0.394 e. The summed E-state index contributed by atoms with van der Waals surface area (Å²) in [5, 5.41) is 17.9. The van der Waals surface area contributed by atoms with E-state index in [2.05, 4.69) is 0 Å². The number of aliphatic carboxylic acids is 1. The zero-order valence-corrected chi connectivity index (χ0v) is 8.98. The molecule has 1 aliphatic carbocycles. The van der Waals surface area contributed by atoms with Crippen molar-refractivity contribution in [1.29, 1.82) is 0 Å². The van der Waals surface area contributed by atoms with Crippen molar-refractivity contribution in [3.8, 4) is 5.75 Å². The van der Waals surface area contributed by atoms with E-state index in [9.17, 15) is 18.0 Å². The highest BCUT2D eigenvalue weighted by Crippen LogP contribution is 2.62. The van der Waals surface area contributed by atoms with Crippen LogP contribution in [-0.2, 0) is 4.79 Å². The van der Waals surface area contributed by atoms with Crippen molar-refractivity contribution < 1.29 is 28.2 Å². The molecule has 0 bridgehead atoms. The van der Waals surface area contributed by atoms with Crippen molar-refractivity contribution in [2.75, 3.05) is 0 Å². The van der Waals surface area contributed by atoms with Crippen molar-refractivity contribution in [3.05, 3.63) is 29.8 Å². The van der Waals surface area contributed by atoms with E-state index in [1.54, 1.807) is 0 Å². The number of carboxylic acid groups (broad SMARTS) is 1. The van der Waals surface area contributed by atoms with E-state index >= 15 is 0 Å². The first-order chi connectivity index (χ1) is 8.19. The van der Waals surface area contributed by atoms with Crippen LogP contribution < -0.4 is 5.73 Å². The minimum atomic E-state index is -4.67. The number of carbonyl (C=O) groups is 1. The number of rotatable bonds is 2. The normalized spacial score (nSPS) is 31.1. The summed E-state index contributed by atoms with van der Waals surface area (Å²) in [6, 6.07) is 4.89. The first-order valence-corrected chi connectivity index (χ1v) is 5.07. The Morgan fingerprint density at radius 3 is 2.11 bits per heavy atom. The van der Waals surface area contributed by atoms with Gasteiger partial charge in [0.2, 0.25) is 0 Å². The van der Waals surface area contributed by atoms with E-state index in [1.165, 1.54) is 24.3 Å². The van der Waals surface area contributed by atoms with Crippen molar-refractivity contribution in [3.63, 3.8) is 0 Å². The number of carboxylic acids is 1. The molecule has 1 saturated carbocycles. The quantitative estimate of drug-likeness (QED) is 0.752. The fourth-order valence-electron chi connectivity index (χ4n) is 2.28. The predicted octanol–water partition coefficient (Wildman–Crippen LogP) is 1.45. The molecule has 4 N–H and O–H groups in total. The first kappa shape index (κ1) is 12.7. The molecule has 0 heterocycles. The molecule has 1 aromatic carbocycles. The molecule has 3 atom stereocenters. The van der Waals surface area contributed by atoms with Crippen LogP contribution in [0.2, 0.25) is 0 Å². The molecular formula is C11H10F3NO3. The molecule has 0 saturated heterocycles. The summed E-state index contributed by atoms with van der Waals surface area (Å²) in [5.41, 5.74) is 3.18. The fraction of sp³-hybridized carbons (Fsp3) is 0.364. The van der Waals surface area contributed by atoms with Crippen LogP contribution in [0.3, 0.4) is 0 Å². The molecule has 0 spiro atoms. The average Bonchev–Trinajstić information content (AvgIpc) is 2.87. The third-order valence-electron chi connectivity index (χ3n) is 3.23. The van der Waals surface area contributed by atoms with E-state index in [0.29, 0.717) is 0 Å². The lowest BCUT2D eigenvalue weighted by molar-refractivity contribution is -0.162. The van der Waals surface area contributed by atoms with Gasteiger partial charge in [0.25, 0.3) is 0 Å². The number of halogens is 3. The second kappa shape index (κ2) is 3.61. The molecule has 7 heteroatoms. The predicted molar refractivity (Wildman–Crippen MR) is 54.9 cm³/mol. The van der Waals surface area contributed by atoms with Gasteiger partial charge >= 0.3 is 12.1 Å². The monoisotopic (exact) mass is 261 g/mol. The number of nitrogens with two attached hydrogens (primary N) is 1. The van der Waals surface area contributed by atoms with E-state index in [1.807, 2.05) is 0 Å². The standard InChI is InChI=1S/C11H10F3NO3/c12-11(13,14)8-7(10(8,15)9(17)18)5-1-3-6(16)4-2-5/h1-4,7-8,16H,15H2,(H,17,18)/t7-,8-,10-/m1/s1. The van der Waals surface area contributed by atoms with Crippen LogP contribution in [0.1, 0.15) is 11.5 Å². The number of hydrogen-bond acceptors (Lipinski definition) is 3. The molecule has 4 nitrogen and oxygen atoms in total. The third-order valence-corrected chi connectivity index (χ3v) is 3.23. The summed E-state index contributed by atoms with van der Waals surface area (Å²) in [6.45, 7) is 0. The molecule has 0 radical (unpaired) electrons. The summed E-state index contributed by atoms with van der Waals surface area (Å²) < 4.78 is 38.2. The lowest BCUT2D eigenvalue weighted by Crippen LogP contribution is -2.39. The maximum absolute atomic E-state index is 12.7. The number of aromatic hydroxyl groups is 1. The molecule has 0 aromatic heterocycles. The Morgan fingerprint density at radius 2 is 1.78 bits per heavy atom. The van der Waals surface area contributed by atoms with Gasteiger partial charge in [0.15, 0.2) is 0 Å². The second-order valence-corrected chi connectivity index (χ2v) is 4.33. The summed E-state index contributed by atoms with van der Waals surface area (Å²) in [5.74, 6) is -5.22. The SMILES string of the molecule is N[C@]1(C(=O)O)[C@H](c2ccc(O)cc2)[C@H]1C(F)(F)F. The van der Waals surface area contributed by atoms with Crippen LogP contribution in [0.5, 0.6) is 5.75 Å². The van der Waals surface area contributed by atoms with Gasteiger partial charge in [-0.15, -0.1) is 0 Å². The highest BCUT2D eigenvalue weighted by molar-refractivity contribution is 5.86. The highest BCUT2D eigenvalue weighted by atomic mass is 19.4. The van der Waals surface area contributed by atoms with E-state index in [-0.39, 0.29) is 11.3 Å². The Bertz CT molecular complexity index is 485. The zero-order valence-electron chi connectivity index (χ0n) is 8.98. The van der Waals surface area contributed by atoms with E-state index in [0.717, 1.165) is 0 Å². The van der Waals surface area contributed by atoms with Gasteiger partial charge < -0.3 is 15.9 Å². The summed E-state index contributed by atoms with van der Waals surface area (Å²) in [7, 11) is 0. The van der Waals surface area contributed by atoms with E-state index < -0.39 is 29.5 Å². The molecule has 2 rings (SSSR count). The molecule has 98 valence electrons. The van der Waals surface area contributed by atoms with E-state index in [4.69, 9.17) is 15.9 Å². The second-order valence-electron chi connectivity index (χ2n) is 4.33. The molecule has 0 unspecified atom stereocenters. The lowest BCUT2D eigenvalue weighted by Gasteiger charge is -2.07. The molecule has 1 fully saturated rings. The number of phenols is 1. The Kier molecular flexibility index (Phi) is 2.55. The molecule has 1 aliphatic rings. The van der Waals surface area contributed by atoms with Gasteiger partial charge in [-0.05, 0) is 17.7 Å². The first-order valence-electron chi connectivity index (χ1n) is 5.07. The van der Waals surface area contributed by atoms with Gasteiger partial charge in [-0.25, -0.2) is 0 Å². The van der Waals surface area contributed by atoms with Crippen LogP contribution in [-0.4, -0.2) is 27.9 Å². The van der Waals surface area contributed by atoms with Gasteiger partial charge in [0.05, 0.1) is 5.92 Å². The van der Waals surface area contributed by atoms with Crippen molar-refractivity contribution in [2.24, 2.45) is 11.7 Å². The smallest absolute Gasteiger partial charge is 0.394 e. The Balaban J connectivity index is 2.39. The number of phenolic OH excluding ortho intramolecular Hbond substituents is 1. The molecule has 1 aromatic rings. The largest absolute Gasteiger partial charge is 0.508 e. The Hall–Kier alpha value is -1.76. The van der Waals surface area contributed by atoms with Crippen molar-refractivity contribution in [2.45, 2.75) is 17.6 Å². The minimum absolute atomic E-state index is 0.110. The van der Waals surface area contributed by atoms with Gasteiger partial charge in [0.1, 0.15) is 11.3 Å². The Morgan fingerprint density at radius 1 is 1.28 bits per heavy atom. The number of benzene rings is 1. The van der Waals surface area contributed by atoms with Crippen LogP contribution >= 0.6 is 0 Å². The van der Waals surface area contributed by atoms with Crippen molar-refractivity contribution >= 4 is 5.97 Å². The average molecular weight is 261 g/mol. The maximum atomic E-state index is 12.7. The van der Waals surface area contributed by atoms with Crippen LogP contribution in [0.25, 0.3) is 0 Å². The van der Waals surface area contributed by atoms with Crippen LogP contribution in [0.15, 0.2) is 24.3 Å².